The fourth-order valence-electron chi connectivity index (χ4n) is 3.67. The second-order valence-corrected chi connectivity index (χ2v) is 8.10. The number of likely N-dealkylation sites (tertiary alicyclic amines) is 1. The predicted molar refractivity (Wildman–Crippen MR) is 112 cm³/mol. The Morgan fingerprint density at radius 2 is 1.82 bits per heavy atom. The van der Waals surface area contributed by atoms with Crippen molar-refractivity contribution in [2.75, 3.05) is 13.1 Å². The highest BCUT2D eigenvalue weighted by Gasteiger charge is 2.31. The van der Waals surface area contributed by atoms with Crippen molar-refractivity contribution in [2.24, 2.45) is 5.73 Å². The molecule has 0 spiro atoms. The van der Waals surface area contributed by atoms with Crippen LogP contribution in [0.4, 0.5) is 0 Å². The summed E-state index contributed by atoms with van der Waals surface area (Å²) < 4.78 is 0. The molecule has 2 heterocycles. The normalized spacial score (nSPS) is 19.6. The van der Waals surface area contributed by atoms with Crippen LogP contribution in [-0.2, 0) is 13.1 Å². The molecule has 0 bridgehead atoms. The first-order chi connectivity index (χ1) is 13.7. The van der Waals surface area contributed by atoms with Crippen molar-refractivity contribution in [3.63, 3.8) is 0 Å². The Morgan fingerprint density at radius 3 is 2.57 bits per heavy atom. The van der Waals surface area contributed by atoms with Crippen LogP contribution < -0.4 is 11.1 Å². The number of hydrogen-bond acceptors (Lipinski definition) is 5. The summed E-state index contributed by atoms with van der Waals surface area (Å²) in [6.45, 7) is 3.06. The lowest BCUT2D eigenvalue weighted by atomic mass is 9.95. The first-order valence-electron chi connectivity index (χ1n) is 9.48. The Kier molecular flexibility index (Phi) is 5.81. The van der Waals surface area contributed by atoms with Crippen LogP contribution in [-0.4, -0.2) is 34.9 Å². The highest BCUT2D eigenvalue weighted by atomic mass is 32.1. The molecule has 4 rings (SSSR count). The molecule has 3 aromatic rings. The molecule has 1 amide bonds. The number of carbonyl (C=O) groups excluding carboxylic acids is 1. The number of nitrogens with one attached hydrogen (secondary N) is 1. The van der Waals surface area contributed by atoms with Crippen molar-refractivity contribution in [3.05, 3.63) is 87.9 Å². The molecule has 1 aliphatic heterocycles. The van der Waals surface area contributed by atoms with E-state index in [9.17, 15) is 4.79 Å². The molecule has 6 heteroatoms. The minimum atomic E-state index is -0.0754. The third-order valence-corrected chi connectivity index (χ3v) is 5.99. The minimum absolute atomic E-state index is 0.0754. The number of amides is 1. The van der Waals surface area contributed by atoms with Crippen molar-refractivity contribution >= 4 is 17.2 Å². The van der Waals surface area contributed by atoms with E-state index in [0.29, 0.717) is 18.0 Å². The van der Waals surface area contributed by atoms with E-state index in [0.717, 1.165) is 30.3 Å². The number of benzene rings is 2. The van der Waals surface area contributed by atoms with Crippen LogP contribution in [0.5, 0.6) is 0 Å². The van der Waals surface area contributed by atoms with Crippen molar-refractivity contribution < 1.29 is 4.79 Å². The number of carbonyl (C=O) groups is 1. The Labute approximate surface area is 169 Å². The Hall–Kier alpha value is -2.54. The maximum atomic E-state index is 12.2. The maximum Gasteiger partial charge on any atom is 0.251 e. The van der Waals surface area contributed by atoms with Crippen molar-refractivity contribution in [2.45, 2.75) is 25.0 Å². The second-order valence-electron chi connectivity index (χ2n) is 7.16. The zero-order valence-corrected chi connectivity index (χ0v) is 16.4. The third kappa shape index (κ3) is 4.47. The van der Waals surface area contributed by atoms with Crippen LogP contribution in [0.1, 0.15) is 32.5 Å². The number of rotatable bonds is 6. The molecule has 2 aromatic carbocycles. The Morgan fingerprint density at radius 1 is 1.11 bits per heavy atom. The summed E-state index contributed by atoms with van der Waals surface area (Å²) >= 11 is 1.58. The van der Waals surface area contributed by atoms with Gasteiger partial charge in [-0.1, -0.05) is 48.5 Å². The SMILES string of the molecule is N[C@@H]1CN(Cc2csc(CNC(=O)c3ccccc3)n2)C[C@H]1c1ccccc1. The average Bonchev–Trinajstić information content (AvgIpc) is 3.33. The fraction of sp³-hybridized carbons (Fsp3) is 0.273. The summed E-state index contributed by atoms with van der Waals surface area (Å²) in [4.78, 5) is 19.2. The van der Waals surface area contributed by atoms with Crippen molar-refractivity contribution in [1.29, 1.82) is 0 Å². The fourth-order valence-corrected chi connectivity index (χ4v) is 4.40. The number of hydrogen-bond donors (Lipinski definition) is 2. The molecule has 3 N–H and O–H groups in total. The molecule has 0 saturated carbocycles. The molecule has 144 valence electrons. The number of aromatic nitrogens is 1. The number of nitrogens with two attached hydrogens (primary N) is 1. The molecule has 2 atom stereocenters. The van der Waals surface area contributed by atoms with Gasteiger partial charge in [0.1, 0.15) is 5.01 Å². The molecule has 1 aliphatic rings. The van der Waals surface area contributed by atoms with Gasteiger partial charge in [0.05, 0.1) is 12.2 Å². The summed E-state index contributed by atoms with van der Waals surface area (Å²) in [7, 11) is 0. The van der Waals surface area contributed by atoms with E-state index >= 15 is 0 Å². The largest absolute Gasteiger partial charge is 0.346 e. The highest BCUT2D eigenvalue weighted by molar-refractivity contribution is 7.09. The summed E-state index contributed by atoms with van der Waals surface area (Å²) in [5.74, 6) is 0.290. The van der Waals surface area contributed by atoms with Crippen LogP contribution >= 0.6 is 11.3 Å². The molecule has 0 aliphatic carbocycles. The first kappa shape index (κ1) is 18.8. The van der Waals surface area contributed by atoms with Gasteiger partial charge >= 0.3 is 0 Å². The molecule has 0 radical (unpaired) electrons. The molecule has 1 saturated heterocycles. The van der Waals surface area contributed by atoms with Gasteiger partial charge in [0.2, 0.25) is 0 Å². The Balaban J connectivity index is 1.31. The van der Waals surface area contributed by atoms with E-state index in [1.807, 2.05) is 36.4 Å². The molecule has 1 aromatic heterocycles. The maximum absolute atomic E-state index is 12.2. The highest BCUT2D eigenvalue weighted by Crippen LogP contribution is 2.27. The van der Waals surface area contributed by atoms with Gasteiger partial charge in [-0.3, -0.25) is 9.69 Å². The van der Waals surface area contributed by atoms with E-state index in [1.165, 1.54) is 5.56 Å². The molecular formula is C22H24N4OS. The molecule has 5 nitrogen and oxygen atoms in total. The lowest BCUT2D eigenvalue weighted by Gasteiger charge is -2.15. The van der Waals surface area contributed by atoms with Gasteiger partial charge in [-0.25, -0.2) is 4.98 Å². The van der Waals surface area contributed by atoms with Crippen molar-refractivity contribution in [1.82, 2.24) is 15.2 Å². The predicted octanol–water partition coefficient (Wildman–Crippen LogP) is 3.00. The van der Waals surface area contributed by atoms with Crippen molar-refractivity contribution in [3.8, 4) is 0 Å². The lowest BCUT2D eigenvalue weighted by Crippen LogP contribution is -2.28. The zero-order chi connectivity index (χ0) is 19.3. The smallest absolute Gasteiger partial charge is 0.251 e. The van der Waals surface area contributed by atoms with Gasteiger partial charge in [-0.05, 0) is 17.7 Å². The van der Waals surface area contributed by atoms with E-state index < -0.39 is 0 Å². The van der Waals surface area contributed by atoms with Gasteiger partial charge < -0.3 is 11.1 Å². The van der Waals surface area contributed by atoms with Gasteiger partial charge in [0.15, 0.2) is 0 Å². The van der Waals surface area contributed by atoms with Crippen LogP contribution in [0.3, 0.4) is 0 Å². The van der Waals surface area contributed by atoms with Crippen LogP contribution in [0.2, 0.25) is 0 Å². The first-order valence-corrected chi connectivity index (χ1v) is 10.4. The average molecular weight is 393 g/mol. The second kappa shape index (κ2) is 8.65. The lowest BCUT2D eigenvalue weighted by molar-refractivity contribution is 0.0951. The topological polar surface area (TPSA) is 71.2 Å². The minimum Gasteiger partial charge on any atom is -0.346 e. The number of thiazole rings is 1. The number of nitrogens with zero attached hydrogens (tertiary/aromatic N) is 2. The summed E-state index contributed by atoms with van der Waals surface area (Å²) in [6, 6.07) is 19.9. The Bertz CT molecular complexity index is 913. The zero-order valence-electron chi connectivity index (χ0n) is 15.6. The quantitative estimate of drug-likeness (QED) is 0.677. The van der Waals surface area contributed by atoms with Gasteiger partial charge in [0, 0.05) is 42.5 Å². The summed E-state index contributed by atoms with van der Waals surface area (Å²) in [6.07, 6.45) is 0. The monoisotopic (exact) mass is 392 g/mol. The molecule has 1 fully saturated rings. The summed E-state index contributed by atoms with van der Waals surface area (Å²) in [5.41, 5.74) is 9.40. The van der Waals surface area contributed by atoms with Crippen LogP contribution in [0.15, 0.2) is 66.0 Å². The third-order valence-electron chi connectivity index (χ3n) is 5.09. The van der Waals surface area contributed by atoms with Gasteiger partial charge in [-0.15, -0.1) is 11.3 Å². The van der Waals surface area contributed by atoms with E-state index in [1.54, 1.807) is 11.3 Å². The molecule has 28 heavy (non-hydrogen) atoms. The standard InChI is InChI=1S/C22H24N4OS/c23-20-14-26(13-19(20)16-7-3-1-4-8-16)12-18-15-28-21(25-18)11-24-22(27)17-9-5-2-6-10-17/h1-10,15,19-20H,11-14,23H2,(H,24,27)/t19-,20+/m0/s1. The van der Waals surface area contributed by atoms with Gasteiger partial charge in [-0.2, -0.15) is 0 Å². The van der Waals surface area contributed by atoms with E-state index in [-0.39, 0.29) is 11.9 Å². The summed E-state index contributed by atoms with van der Waals surface area (Å²) in [5, 5.41) is 5.93. The molecule has 0 unspecified atom stereocenters. The van der Waals surface area contributed by atoms with Crippen LogP contribution in [0.25, 0.3) is 0 Å². The van der Waals surface area contributed by atoms with Gasteiger partial charge in [0.25, 0.3) is 5.91 Å². The molecular weight excluding hydrogens is 368 g/mol. The van der Waals surface area contributed by atoms with E-state index in [2.05, 4.69) is 44.8 Å². The van der Waals surface area contributed by atoms with E-state index in [4.69, 9.17) is 5.73 Å². The van der Waals surface area contributed by atoms with Crippen LogP contribution in [0, 0.1) is 0 Å².